The van der Waals surface area contributed by atoms with Crippen LogP contribution in [0.3, 0.4) is 0 Å². The Morgan fingerprint density at radius 3 is 2.93 bits per heavy atom. The number of hydrogen-bond donors (Lipinski definition) is 4. The lowest BCUT2D eigenvalue weighted by molar-refractivity contribution is -0.136. The smallest absolute Gasteiger partial charge is 0.316 e. The van der Waals surface area contributed by atoms with E-state index in [1.54, 1.807) is 6.92 Å². The molecule has 5 N–H and O–H groups in total. The molecule has 0 aromatic rings. The van der Waals surface area contributed by atoms with Gasteiger partial charge in [0.05, 0.1) is 12.6 Å². The van der Waals surface area contributed by atoms with Gasteiger partial charge in [-0.3, -0.25) is 14.9 Å². The number of nitrogens with one attached hydrogen (secondary N) is 2. The molecule has 0 aliphatic carbocycles. The van der Waals surface area contributed by atoms with Gasteiger partial charge in [-0.2, -0.15) is 0 Å². The predicted octanol–water partition coefficient (Wildman–Crippen LogP) is -0.739. The Kier molecular flexibility index (Phi) is 4.37. The normalized spacial score (nSPS) is 28.3. The molecule has 86 valence electrons. The number of carbonyl (C=O) groups is 2. The molecule has 1 fully saturated rings. The largest absolute Gasteiger partial charge is 0.480 e. The van der Waals surface area contributed by atoms with E-state index in [0.717, 1.165) is 11.8 Å². The van der Waals surface area contributed by atoms with Crippen LogP contribution < -0.4 is 16.4 Å². The van der Waals surface area contributed by atoms with E-state index in [1.165, 1.54) is 0 Å². The second-order valence-corrected chi connectivity index (χ2v) is 4.61. The van der Waals surface area contributed by atoms with Crippen LogP contribution in [0.5, 0.6) is 0 Å². The first-order valence-corrected chi connectivity index (χ1v) is 5.66. The summed E-state index contributed by atoms with van der Waals surface area (Å²) in [4.78, 5) is 21.9. The van der Waals surface area contributed by atoms with E-state index >= 15 is 0 Å². The Bertz CT molecular complexity index is 262. The summed E-state index contributed by atoms with van der Waals surface area (Å²) in [7, 11) is 0. The van der Waals surface area contributed by atoms with Crippen molar-refractivity contribution in [3.63, 3.8) is 0 Å². The summed E-state index contributed by atoms with van der Waals surface area (Å²) < 4.78 is 0. The van der Waals surface area contributed by atoms with Crippen molar-refractivity contribution < 1.29 is 14.7 Å². The molecule has 6 nitrogen and oxygen atoms in total. The molecule has 3 unspecified atom stereocenters. The summed E-state index contributed by atoms with van der Waals surface area (Å²) in [5, 5.41) is 13.9. The number of carboxylic acids is 1. The number of carboxylic acid groups (broad SMARTS) is 1. The van der Waals surface area contributed by atoms with Crippen molar-refractivity contribution in [2.45, 2.75) is 36.7 Å². The molecule has 7 heteroatoms. The van der Waals surface area contributed by atoms with Crippen molar-refractivity contribution >= 4 is 23.6 Å². The highest BCUT2D eigenvalue weighted by Crippen LogP contribution is 2.19. The van der Waals surface area contributed by atoms with Crippen LogP contribution in [0, 0.1) is 0 Å². The van der Waals surface area contributed by atoms with Gasteiger partial charge < -0.3 is 16.2 Å². The molecule has 0 aromatic heterocycles. The fourth-order valence-electron chi connectivity index (χ4n) is 1.27. The van der Waals surface area contributed by atoms with Gasteiger partial charge in [0.15, 0.2) is 0 Å². The molecule has 0 saturated carbocycles. The van der Waals surface area contributed by atoms with Gasteiger partial charge >= 0.3 is 5.97 Å². The minimum absolute atomic E-state index is 0.154. The van der Waals surface area contributed by atoms with Gasteiger partial charge in [0.25, 0.3) is 0 Å². The maximum Gasteiger partial charge on any atom is 0.316 e. The first kappa shape index (κ1) is 12.3. The van der Waals surface area contributed by atoms with E-state index in [-0.39, 0.29) is 12.3 Å². The van der Waals surface area contributed by atoms with Gasteiger partial charge in [-0.15, -0.1) is 11.8 Å². The average molecular weight is 233 g/mol. The SMILES string of the molecule is CCC(SC1NC(=O)CC(N)N1)C(=O)O. The first-order chi connectivity index (χ1) is 7.02. The van der Waals surface area contributed by atoms with Crippen molar-refractivity contribution in [2.24, 2.45) is 5.73 Å². The van der Waals surface area contributed by atoms with E-state index in [1.807, 2.05) is 0 Å². The lowest BCUT2D eigenvalue weighted by atomic mass is 10.3. The summed E-state index contributed by atoms with van der Waals surface area (Å²) >= 11 is 1.16. The molecule has 15 heavy (non-hydrogen) atoms. The number of aliphatic carboxylic acids is 1. The Morgan fingerprint density at radius 1 is 1.80 bits per heavy atom. The van der Waals surface area contributed by atoms with Gasteiger partial charge in [-0.1, -0.05) is 6.92 Å². The monoisotopic (exact) mass is 233 g/mol. The highest BCUT2D eigenvalue weighted by molar-refractivity contribution is 8.01. The lowest BCUT2D eigenvalue weighted by Crippen LogP contribution is -2.58. The van der Waals surface area contributed by atoms with E-state index in [2.05, 4.69) is 10.6 Å². The third kappa shape index (κ3) is 3.69. The van der Waals surface area contributed by atoms with Crippen LogP contribution in [-0.4, -0.2) is 33.9 Å². The molecule has 0 aromatic carbocycles. The number of hydrogen-bond acceptors (Lipinski definition) is 5. The topological polar surface area (TPSA) is 104 Å². The number of rotatable bonds is 4. The standard InChI is InChI=1S/C8H15N3O3S/c1-2-4(7(13)14)15-8-10-5(9)3-6(12)11-8/h4-5,8,10H,2-3,9H2,1H3,(H,11,12)(H,13,14). The number of carbonyl (C=O) groups excluding carboxylic acids is 1. The summed E-state index contributed by atoms with van der Waals surface area (Å²) in [6.45, 7) is 1.79. The van der Waals surface area contributed by atoms with Gasteiger partial charge in [-0.25, -0.2) is 0 Å². The van der Waals surface area contributed by atoms with E-state index < -0.39 is 22.9 Å². The lowest BCUT2D eigenvalue weighted by Gasteiger charge is -2.30. The average Bonchev–Trinajstić information content (AvgIpc) is 2.12. The molecule has 3 atom stereocenters. The zero-order chi connectivity index (χ0) is 11.4. The minimum Gasteiger partial charge on any atom is -0.480 e. The summed E-state index contributed by atoms with van der Waals surface area (Å²) in [6.07, 6.45) is 0.326. The fraction of sp³-hybridized carbons (Fsp3) is 0.750. The summed E-state index contributed by atoms with van der Waals surface area (Å²) in [5.41, 5.74) is 5.16. The van der Waals surface area contributed by atoms with Crippen LogP contribution >= 0.6 is 11.8 Å². The van der Waals surface area contributed by atoms with Crippen LogP contribution in [0.4, 0.5) is 0 Å². The maximum absolute atomic E-state index is 11.1. The molecule has 0 bridgehead atoms. The van der Waals surface area contributed by atoms with Crippen LogP contribution in [0.25, 0.3) is 0 Å². The number of thioether (sulfide) groups is 1. The van der Waals surface area contributed by atoms with Gasteiger partial charge in [0.1, 0.15) is 10.7 Å². The molecular weight excluding hydrogens is 218 g/mol. The molecule has 1 aliphatic heterocycles. The number of amides is 1. The highest BCUT2D eigenvalue weighted by atomic mass is 32.2. The second-order valence-electron chi connectivity index (χ2n) is 3.30. The molecule has 1 saturated heterocycles. The zero-order valence-electron chi connectivity index (χ0n) is 8.40. The highest BCUT2D eigenvalue weighted by Gasteiger charge is 2.27. The Morgan fingerprint density at radius 2 is 2.47 bits per heavy atom. The van der Waals surface area contributed by atoms with E-state index in [9.17, 15) is 9.59 Å². The van der Waals surface area contributed by atoms with Crippen molar-refractivity contribution in [2.75, 3.05) is 0 Å². The van der Waals surface area contributed by atoms with Gasteiger partial charge in [0.2, 0.25) is 5.91 Å². The molecule has 0 spiro atoms. The number of nitrogens with two attached hydrogens (primary N) is 1. The Labute approximate surface area is 92.0 Å². The first-order valence-electron chi connectivity index (χ1n) is 4.72. The van der Waals surface area contributed by atoms with Crippen molar-refractivity contribution in [3.05, 3.63) is 0 Å². The van der Waals surface area contributed by atoms with Gasteiger partial charge in [0, 0.05) is 0 Å². The Balaban J connectivity index is 2.49. The third-order valence-electron chi connectivity index (χ3n) is 2.01. The quantitative estimate of drug-likeness (QED) is 0.510. The fourth-order valence-corrected chi connectivity index (χ4v) is 2.36. The van der Waals surface area contributed by atoms with E-state index in [4.69, 9.17) is 10.8 Å². The molecule has 1 amide bonds. The molecule has 0 radical (unpaired) electrons. The summed E-state index contributed by atoms with van der Waals surface area (Å²) in [6, 6.07) is 0. The molecule has 1 aliphatic rings. The van der Waals surface area contributed by atoms with E-state index in [0.29, 0.717) is 6.42 Å². The van der Waals surface area contributed by atoms with Crippen LogP contribution in [-0.2, 0) is 9.59 Å². The molecule has 1 heterocycles. The van der Waals surface area contributed by atoms with Crippen LogP contribution in [0.1, 0.15) is 19.8 Å². The summed E-state index contributed by atoms with van der Waals surface area (Å²) in [5.74, 6) is -1.03. The Hall–Kier alpha value is -0.790. The second kappa shape index (κ2) is 5.34. The van der Waals surface area contributed by atoms with Crippen molar-refractivity contribution in [1.29, 1.82) is 0 Å². The van der Waals surface area contributed by atoms with Crippen LogP contribution in [0.2, 0.25) is 0 Å². The minimum atomic E-state index is -0.877. The molecule has 1 rings (SSSR count). The molecular formula is C8H15N3O3S. The third-order valence-corrected chi connectivity index (χ3v) is 3.40. The van der Waals surface area contributed by atoms with Crippen LogP contribution in [0.15, 0.2) is 0 Å². The predicted molar refractivity (Wildman–Crippen MR) is 57.0 cm³/mol. The van der Waals surface area contributed by atoms with Crippen molar-refractivity contribution in [1.82, 2.24) is 10.6 Å². The van der Waals surface area contributed by atoms with Gasteiger partial charge in [-0.05, 0) is 6.42 Å². The van der Waals surface area contributed by atoms with Crippen molar-refractivity contribution in [3.8, 4) is 0 Å². The maximum atomic E-state index is 11.1. The zero-order valence-corrected chi connectivity index (χ0v) is 9.21.